The summed E-state index contributed by atoms with van der Waals surface area (Å²) in [6.45, 7) is 0.625. The number of methoxy groups -OCH3 is 5. The summed E-state index contributed by atoms with van der Waals surface area (Å²) >= 11 is 0. The molecule has 0 fully saturated rings. The van der Waals surface area contributed by atoms with Gasteiger partial charge in [0.1, 0.15) is 0 Å². The van der Waals surface area contributed by atoms with E-state index >= 15 is 0 Å². The molecule has 1 aliphatic heterocycles. The third-order valence-electron chi connectivity index (χ3n) is 5.25. The summed E-state index contributed by atoms with van der Waals surface area (Å²) in [5.41, 5.74) is 2.98. The van der Waals surface area contributed by atoms with Crippen molar-refractivity contribution in [3.8, 4) is 28.7 Å². The van der Waals surface area contributed by atoms with E-state index in [1.165, 1.54) is 0 Å². The van der Waals surface area contributed by atoms with Gasteiger partial charge in [0.25, 0.3) is 0 Å². The van der Waals surface area contributed by atoms with E-state index in [4.69, 9.17) is 23.7 Å². The van der Waals surface area contributed by atoms with Gasteiger partial charge in [-0.3, -0.25) is 0 Å². The van der Waals surface area contributed by atoms with Crippen LogP contribution in [0.2, 0.25) is 0 Å². The lowest BCUT2D eigenvalue weighted by atomic mass is 10.0. The van der Waals surface area contributed by atoms with E-state index in [-0.39, 0.29) is 0 Å². The number of nitrogens with zero attached hydrogens (tertiary/aromatic N) is 1. The lowest BCUT2D eigenvalue weighted by molar-refractivity contribution is -0.688. The van der Waals surface area contributed by atoms with Crippen LogP contribution in [0.15, 0.2) is 36.7 Å². The van der Waals surface area contributed by atoms with Crippen LogP contribution in [0.5, 0.6) is 28.7 Å². The van der Waals surface area contributed by atoms with Crippen molar-refractivity contribution in [2.75, 3.05) is 40.9 Å². The molecule has 0 saturated heterocycles. The second-order valence-corrected chi connectivity index (χ2v) is 6.79. The van der Waals surface area contributed by atoms with E-state index in [1.807, 2.05) is 24.4 Å². The van der Waals surface area contributed by atoms with E-state index in [2.05, 4.69) is 28.2 Å². The number of aromatic nitrogens is 1. The Hall–Kier alpha value is -3.61. The molecule has 1 aliphatic rings. The van der Waals surface area contributed by atoms with Gasteiger partial charge in [-0.25, -0.2) is 0 Å². The molecule has 30 heavy (non-hydrogen) atoms. The van der Waals surface area contributed by atoms with Gasteiger partial charge < -0.3 is 29.0 Å². The Kier molecular flexibility index (Phi) is 5.27. The quantitative estimate of drug-likeness (QED) is 0.602. The molecule has 4 rings (SSSR count). The van der Waals surface area contributed by atoms with E-state index in [0.717, 1.165) is 27.7 Å². The zero-order valence-electron chi connectivity index (χ0n) is 17.7. The van der Waals surface area contributed by atoms with Gasteiger partial charge in [0, 0.05) is 29.3 Å². The molecule has 2 heterocycles. The first kappa shape index (κ1) is 19.7. The lowest BCUT2D eigenvalue weighted by Gasteiger charge is -2.19. The highest BCUT2D eigenvalue weighted by Crippen LogP contribution is 2.44. The summed E-state index contributed by atoms with van der Waals surface area (Å²) in [6, 6.07) is 7.99. The summed E-state index contributed by atoms with van der Waals surface area (Å²) in [6.07, 6.45) is 6.02. The zero-order chi connectivity index (χ0) is 21.3. The van der Waals surface area contributed by atoms with Crippen molar-refractivity contribution in [2.45, 2.75) is 6.54 Å². The Morgan fingerprint density at radius 1 is 0.800 bits per heavy atom. The summed E-state index contributed by atoms with van der Waals surface area (Å²) in [4.78, 5) is 0. The van der Waals surface area contributed by atoms with Crippen molar-refractivity contribution in [3.63, 3.8) is 0 Å². The highest BCUT2D eigenvalue weighted by molar-refractivity contribution is 6.04. The molecule has 156 valence electrons. The number of pyridine rings is 1. The second-order valence-electron chi connectivity index (χ2n) is 6.79. The van der Waals surface area contributed by atoms with Crippen molar-refractivity contribution in [1.29, 1.82) is 0 Å². The largest absolute Gasteiger partial charge is 0.493 e. The fourth-order valence-electron chi connectivity index (χ4n) is 3.90. The van der Waals surface area contributed by atoms with Crippen molar-refractivity contribution >= 4 is 22.5 Å². The molecule has 0 atom stereocenters. The Labute approximate surface area is 175 Å². The number of ether oxygens (including phenoxy) is 5. The molecular weight excluding hydrogens is 384 g/mol. The predicted molar refractivity (Wildman–Crippen MR) is 115 cm³/mol. The Morgan fingerprint density at radius 3 is 2.03 bits per heavy atom. The van der Waals surface area contributed by atoms with Crippen LogP contribution in [0, 0.1) is 0 Å². The van der Waals surface area contributed by atoms with Gasteiger partial charge in [-0.15, -0.1) is 0 Å². The summed E-state index contributed by atoms with van der Waals surface area (Å²) in [5, 5.41) is 5.45. The Bertz CT molecular complexity index is 1120. The minimum absolute atomic E-state index is 0.580. The maximum Gasteiger partial charge on any atom is 0.217 e. The first-order valence-corrected chi connectivity index (χ1v) is 9.48. The van der Waals surface area contributed by atoms with Crippen molar-refractivity contribution in [2.24, 2.45) is 0 Å². The minimum Gasteiger partial charge on any atom is -0.493 e. The van der Waals surface area contributed by atoms with Gasteiger partial charge in [-0.1, -0.05) is 0 Å². The van der Waals surface area contributed by atoms with Gasteiger partial charge in [-0.05, 0) is 18.2 Å². The number of anilines is 1. The fourth-order valence-corrected chi connectivity index (χ4v) is 3.90. The maximum atomic E-state index is 5.62. The minimum atomic E-state index is 0.580. The lowest BCUT2D eigenvalue weighted by Crippen LogP contribution is -2.38. The van der Waals surface area contributed by atoms with E-state index in [9.17, 15) is 0 Å². The topological polar surface area (TPSA) is 62.1 Å². The average Bonchev–Trinajstić information content (AvgIpc) is 2.79. The van der Waals surface area contributed by atoms with Crippen LogP contribution < -0.4 is 33.6 Å². The molecule has 3 aromatic rings. The van der Waals surface area contributed by atoms with Crippen LogP contribution >= 0.6 is 0 Å². The second kappa shape index (κ2) is 8.02. The molecule has 0 aliphatic carbocycles. The molecule has 7 heteroatoms. The van der Waals surface area contributed by atoms with Crippen LogP contribution in [0.25, 0.3) is 16.8 Å². The van der Waals surface area contributed by atoms with Gasteiger partial charge >= 0.3 is 0 Å². The van der Waals surface area contributed by atoms with Crippen molar-refractivity contribution in [3.05, 3.63) is 47.9 Å². The van der Waals surface area contributed by atoms with Gasteiger partial charge in [0.05, 0.1) is 46.6 Å². The molecule has 7 nitrogen and oxygen atoms in total. The molecule has 2 aromatic carbocycles. The standard InChI is InChI=1S/C23H24N2O5/c1-26-17-10-14(11-18(27-2)22(17)29-4)13-25-9-7-15-12-19(28-3)23(30-5)21-20(15)16(25)6-8-24-21/h6-12H,13H2,1-5H3/p+1. The molecule has 0 unspecified atom stereocenters. The van der Waals surface area contributed by atoms with Crippen LogP contribution in [0.4, 0.5) is 5.69 Å². The van der Waals surface area contributed by atoms with Crippen molar-refractivity contribution in [1.82, 2.24) is 0 Å². The molecule has 1 aromatic heterocycles. The normalized spacial score (nSPS) is 11.8. The Balaban J connectivity index is 1.86. The van der Waals surface area contributed by atoms with Crippen LogP contribution in [-0.2, 0) is 6.54 Å². The number of hydrogen-bond donors (Lipinski definition) is 1. The summed E-state index contributed by atoms with van der Waals surface area (Å²) in [7, 11) is 8.13. The van der Waals surface area contributed by atoms with Gasteiger partial charge in [0.15, 0.2) is 35.7 Å². The maximum absolute atomic E-state index is 5.62. The molecule has 0 bridgehead atoms. The van der Waals surface area contributed by atoms with Crippen LogP contribution in [0.3, 0.4) is 0 Å². The SMILES string of the molecule is COc1cc(C[n+]2ccc3cc(OC)c(OC)c4c3c2C=CN4)cc(OC)c1OC. The molecule has 0 amide bonds. The highest BCUT2D eigenvalue weighted by Gasteiger charge is 2.25. The highest BCUT2D eigenvalue weighted by atomic mass is 16.5. The van der Waals surface area contributed by atoms with Crippen LogP contribution in [-0.4, -0.2) is 35.5 Å². The van der Waals surface area contributed by atoms with Gasteiger partial charge in [0.2, 0.25) is 11.4 Å². The first-order valence-electron chi connectivity index (χ1n) is 9.48. The number of rotatable bonds is 7. The smallest absolute Gasteiger partial charge is 0.217 e. The number of hydrogen-bond acceptors (Lipinski definition) is 6. The fraction of sp³-hybridized carbons (Fsp3) is 0.261. The zero-order valence-corrected chi connectivity index (χ0v) is 17.7. The first-order chi connectivity index (χ1) is 14.6. The monoisotopic (exact) mass is 409 g/mol. The molecule has 1 N–H and O–H groups in total. The van der Waals surface area contributed by atoms with Gasteiger partial charge in [-0.2, -0.15) is 4.57 Å². The number of nitrogens with one attached hydrogen (secondary N) is 1. The van der Waals surface area contributed by atoms with E-state index in [0.29, 0.717) is 35.3 Å². The molecule has 0 radical (unpaired) electrons. The third-order valence-corrected chi connectivity index (χ3v) is 5.25. The van der Waals surface area contributed by atoms with E-state index < -0.39 is 0 Å². The molecule has 0 saturated carbocycles. The Morgan fingerprint density at radius 2 is 1.43 bits per heavy atom. The third kappa shape index (κ3) is 3.12. The van der Waals surface area contributed by atoms with E-state index in [1.54, 1.807) is 35.5 Å². The molecule has 0 spiro atoms. The summed E-state index contributed by atoms with van der Waals surface area (Å²) < 4.78 is 29.8. The molecular formula is C23H25N2O5+. The summed E-state index contributed by atoms with van der Waals surface area (Å²) in [5.74, 6) is 3.21. The van der Waals surface area contributed by atoms with Crippen LogP contribution in [0.1, 0.15) is 11.3 Å². The number of benzene rings is 2. The van der Waals surface area contributed by atoms with Crippen molar-refractivity contribution < 1.29 is 28.3 Å². The predicted octanol–water partition coefficient (Wildman–Crippen LogP) is 3.61. The average molecular weight is 409 g/mol.